The summed E-state index contributed by atoms with van der Waals surface area (Å²) < 4.78 is 10.8. The Morgan fingerprint density at radius 3 is 2.47 bits per heavy atom. The Morgan fingerprint density at radius 2 is 1.95 bits per heavy atom. The van der Waals surface area contributed by atoms with E-state index in [0.717, 1.165) is 0 Å². The van der Waals surface area contributed by atoms with Gasteiger partial charge in [-0.05, 0) is 40.0 Å². The quantitative estimate of drug-likeness (QED) is 0.795. The number of alkyl carbamates (subject to hydrolysis) is 1. The zero-order valence-corrected chi connectivity index (χ0v) is 11.6. The van der Waals surface area contributed by atoms with E-state index in [0.29, 0.717) is 25.9 Å². The molecule has 2 rings (SSSR count). The second-order valence-corrected chi connectivity index (χ2v) is 6.48. The summed E-state index contributed by atoms with van der Waals surface area (Å²) in [7, 11) is 0. The number of rotatable bonds is 2. The lowest BCUT2D eigenvalue weighted by atomic mass is 9.69. The number of hydrogen-bond acceptors (Lipinski definition) is 4. The van der Waals surface area contributed by atoms with Crippen LogP contribution in [0.1, 0.15) is 40.0 Å². The van der Waals surface area contributed by atoms with Gasteiger partial charge in [0.15, 0.2) is 0 Å². The van der Waals surface area contributed by atoms with Gasteiger partial charge >= 0.3 is 12.1 Å². The fourth-order valence-corrected chi connectivity index (χ4v) is 2.71. The monoisotopic (exact) mass is 271 g/mol. The number of carbonyl (C=O) groups excluding carboxylic acids is 1. The van der Waals surface area contributed by atoms with Crippen LogP contribution in [0.5, 0.6) is 0 Å². The Bertz CT molecular complexity index is 381. The van der Waals surface area contributed by atoms with Crippen LogP contribution in [-0.2, 0) is 14.3 Å². The van der Waals surface area contributed by atoms with E-state index < -0.39 is 17.7 Å². The molecular formula is C13H21NO5. The van der Waals surface area contributed by atoms with Gasteiger partial charge in [-0.15, -0.1) is 0 Å². The summed E-state index contributed by atoms with van der Waals surface area (Å²) >= 11 is 0. The van der Waals surface area contributed by atoms with Crippen LogP contribution in [-0.4, -0.2) is 41.0 Å². The van der Waals surface area contributed by atoms with Crippen LogP contribution in [0.4, 0.5) is 4.79 Å². The zero-order chi connectivity index (χ0) is 14.3. The number of nitrogens with one attached hydrogen (secondary N) is 1. The van der Waals surface area contributed by atoms with Gasteiger partial charge in [0, 0.05) is 0 Å². The lowest BCUT2D eigenvalue weighted by Crippen LogP contribution is -2.47. The van der Waals surface area contributed by atoms with Crippen molar-refractivity contribution in [3.63, 3.8) is 0 Å². The van der Waals surface area contributed by atoms with E-state index >= 15 is 0 Å². The van der Waals surface area contributed by atoms with Crippen LogP contribution in [0.2, 0.25) is 0 Å². The van der Waals surface area contributed by atoms with Gasteiger partial charge in [0.25, 0.3) is 0 Å². The van der Waals surface area contributed by atoms with E-state index in [9.17, 15) is 9.59 Å². The lowest BCUT2D eigenvalue weighted by molar-refractivity contribution is -0.159. The van der Waals surface area contributed by atoms with Crippen LogP contribution in [0, 0.1) is 5.92 Å². The molecule has 1 saturated heterocycles. The zero-order valence-electron chi connectivity index (χ0n) is 11.6. The molecule has 0 bridgehead atoms. The number of amides is 1. The molecule has 1 spiro atoms. The summed E-state index contributed by atoms with van der Waals surface area (Å²) in [6, 6.07) is -0.0930. The van der Waals surface area contributed by atoms with Crippen molar-refractivity contribution >= 4 is 12.1 Å². The van der Waals surface area contributed by atoms with Gasteiger partial charge in [0.1, 0.15) is 5.60 Å². The Morgan fingerprint density at radius 1 is 1.32 bits per heavy atom. The summed E-state index contributed by atoms with van der Waals surface area (Å²) in [5.41, 5.74) is -0.866. The molecule has 6 nitrogen and oxygen atoms in total. The predicted molar refractivity (Wildman–Crippen MR) is 66.8 cm³/mol. The summed E-state index contributed by atoms with van der Waals surface area (Å²) in [6.45, 7) is 5.85. The molecule has 0 radical (unpaired) electrons. The first-order chi connectivity index (χ1) is 8.69. The maximum atomic E-state index is 11.6. The first-order valence-electron chi connectivity index (χ1n) is 6.55. The Labute approximate surface area is 112 Å². The van der Waals surface area contributed by atoms with Gasteiger partial charge in [0.2, 0.25) is 0 Å². The average molecular weight is 271 g/mol. The molecule has 0 aromatic heterocycles. The third kappa shape index (κ3) is 3.37. The fraction of sp³-hybridized carbons (Fsp3) is 0.846. The van der Waals surface area contributed by atoms with Gasteiger partial charge in [-0.25, -0.2) is 4.79 Å². The SMILES string of the molecule is CC(C)(C)OC(=O)NC1COC2(C1)CC(C(=O)O)C2. The molecule has 2 aliphatic rings. The summed E-state index contributed by atoms with van der Waals surface area (Å²) in [5.74, 6) is -1.07. The van der Waals surface area contributed by atoms with E-state index in [2.05, 4.69) is 5.32 Å². The molecule has 0 aromatic carbocycles. The Hall–Kier alpha value is -1.30. The minimum absolute atomic E-state index is 0.0930. The number of aliphatic carboxylic acids is 1. The first-order valence-corrected chi connectivity index (χ1v) is 6.55. The van der Waals surface area contributed by atoms with Crippen LogP contribution in [0.25, 0.3) is 0 Å². The molecule has 1 atom stereocenters. The standard InChI is InChI=1S/C13H21NO5/c1-12(2,3)19-11(17)14-9-6-13(18-7-9)4-8(5-13)10(15)16/h8-9H,4-7H2,1-3H3,(H,14,17)(H,15,16). The first kappa shape index (κ1) is 14.1. The highest BCUT2D eigenvalue weighted by Gasteiger charge is 2.53. The van der Waals surface area contributed by atoms with Crippen LogP contribution >= 0.6 is 0 Å². The molecular weight excluding hydrogens is 250 g/mol. The van der Waals surface area contributed by atoms with Gasteiger partial charge in [-0.3, -0.25) is 4.79 Å². The second kappa shape index (κ2) is 4.67. The summed E-state index contributed by atoms with van der Waals surface area (Å²) in [5, 5.41) is 11.6. The maximum Gasteiger partial charge on any atom is 0.407 e. The van der Waals surface area contributed by atoms with Gasteiger partial charge < -0.3 is 19.9 Å². The Balaban J connectivity index is 1.77. The molecule has 19 heavy (non-hydrogen) atoms. The van der Waals surface area contributed by atoms with Crippen LogP contribution in [0.3, 0.4) is 0 Å². The molecule has 1 amide bonds. The molecule has 0 aromatic rings. The van der Waals surface area contributed by atoms with Crippen molar-refractivity contribution in [1.82, 2.24) is 5.32 Å². The number of carbonyl (C=O) groups is 2. The minimum Gasteiger partial charge on any atom is -0.481 e. The number of carboxylic acids is 1. The highest BCUT2D eigenvalue weighted by Crippen LogP contribution is 2.47. The molecule has 6 heteroatoms. The highest BCUT2D eigenvalue weighted by molar-refractivity contribution is 5.72. The molecule has 108 valence electrons. The predicted octanol–water partition coefficient (Wildman–Crippen LogP) is 1.53. The molecule has 1 heterocycles. The van der Waals surface area contributed by atoms with Crippen molar-refractivity contribution in [3.05, 3.63) is 0 Å². The van der Waals surface area contributed by atoms with E-state index in [-0.39, 0.29) is 17.6 Å². The van der Waals surface area contributed by atoms with E-state index in [1.54, 1.807) is 0 Å². The molecule has 2 fully saturated rings. The average Bonchev–Trinajstić information content (AvgIpc) is 2.55. The van der Waals surface area contributed by atoms with E-state index in [1.807, 2.05) is 20.8 Å². The van der Waals surface area contributed by atoms with Crippen LogP contribution in [0.15, 0.2) is 0 Å². The number of ether oxygens (including phenoxy) is 2. The highest BCUT2D eigenvalue weighted by atomic mass is 16.6. The molecule has 2 N–H and O–H groups in total. The molecule has 1 aliphatic carbocycles. The largest absolute Gasteiger partial charge is 0.481 e. The Kier molecular flexibility index (Phi) is 3.47. The minimum atomic E-state index is -0.766. The molecule has 1 aliphatic heterocycles. The van der Waals surface area contributed by atoms with Crippen LogP contribution < -0.4 is 5.32 Å². The summed E-state index contributed by atoms with van der Waals surface area (Å²) in [6.07, 6.45) is 1.28. The molecule has 1 unspecified atom stereocenters. The van der Waals surface area contributed by atoms with Crippen molar-refractivity contribution in [1.29, 1.82) is 0 Å². The normalized spacial score (nSPS) is 33.8. The third-order valence-electron chi connectivity index (χ3n) is 3.52. The number of carboxylic acid groups (broad SMARTS) is 1. The van der Waals surface area contributed by atoms with Gasteiger partial charge in [0.05, 0.1) is 24.2 Å². The fourth-order valence-electron chi connectivity index (χ4n) is 2.71. The second-order valence-electron chi connectivity index (χ2n) is 6.48. The van der Waals surface area contributed by atoms with Crippen molar-refractivity contribution in [2.24, 2.45) is 5.92 Å². The van der Waals surface area contributed by atoms with Crippen molar-refractivity contribution in [2.75, 3.05) is 6.61 Å². The molecule has 1 saturated carbocycles. The van der Waals surface area contributed by atoms with Crippen molar-refractivity contribution in [3.8, 4) is 0 Å². The van der Waals surface area contributed by atoms with Crippen molar-refractivity contribution < 1.29 is 24.2 Å². The van der Waals surface area contributed by atoms with Gasteiger partial charge in [-0.1, -0.05) is 0 Å². The number of hydrogen-bond donors (Lipinski definition) is 2. The topological polar surface area (TPSA) is 84.9 Å². The lowest BCUT2D eigenvalue weighted by Gasteiger charge is -2.42. The third-order valence-corrected chi connectivity index (χ3v) is 3.52. The van der Waals surface area contributed by atoms with E-state index in [4.69, 9.17) is 14.6 Å². The smallest absolute Gasteiger partial charge is 0.407 e. The van der Waals surface area contributed by atoms with E-state index in [1.165, 1.54) is 0 Å². The van der Waals surface area contributed by atoms with Gasteiger partial charge in [-0.2, -0.15) is 0 Å². The van der Waals surface area contributed by atoms with Crippen molar-refractivity contribution in [2.45, 2.75) is 57.3 Å². The maximum absolute atomic E-state index is 11.6. The summed E-state index contributed by atoms with van der Waals surface area (Å²) in [4.78, 5) is 22.4.